The normalized spacial score (nSPS) is 23.4. The zero-order valence-electron chi connectivity index (χ0n) is 10.5. The van der Waals surface area contributed by atoms with Gasteiger partial charge in [0.1, 0.15) is 5.75 Å². The minimum absolute atomic E-state index is 0.226. The molecule has 1 aliphatic carbocycles. The van der Waals surface area contributed by atoms with Crippen LogP contribution in [-0.2, 0) is 0 Å². The summed E-state index contributed by atoms with van der Waals surface area (Å²) in [6.45, 7) is 0.751. The molecule has 0 aromatic heterocycles. The molecule has 2 rings (SSSR count). The molecule has 4 nitrogen and oxygen atoms in total. The van der Waals surface area contributed by atoms with Gasteiger partial charge in [0, 0.05) is 6.04 Å². The molecule has 0 radical (unpaired) electrons. The van der Waals surface area contributed by atoms with E-state index in [0.29, 0.717) is 11.7 Å². The van der Waals surface area contributed by atoms with Crippen molar-refractivity contribution in [3.8, 4) is 5.75 Å². The van der Waals surface area contributed by atoms with Gasteiger partial charge in [-0.15, -0.1) is 0 Å². The number of benzene rings is 1. The Kier molecular flexibility index (Phi) is 4.59. The van der Waals surface area contributed by atoms with E-state index >= 15 is 0 Å². The molecular formula is C14H20N2O2. The number of para-hydroxylation sites is 1. The van der Waals surface area contributed by atoms with Gasteiger partial charge in [-0.25, -0.2) is 4.79 Å². The number of hydrogen-bond donors (Lipinski definition) is 2. The second-order valence-corrected chi connectivity index (χ2v) is 4.80. The molecule has 0 spiro atoms. The molecule has 0 unspecified atom stereocenters. The third kappa shape index (κ3) is 3.74. The zero-order chi connectivity index (χ0) is 12.8. The van der Waals surface area contributed by atoms with Crippen molar-refractivity contribution < 1.29 is 9.53 Å². The summed E-state index contributed by atoms with van der Waals surface area (Å²) in [6.07, 6.45) is 3.80. The highest BCUT2D eigenvalue weighted by atomic mass is 16.6. The van der Waals surface area contributed by atoms with Gasteiger partial charge in [0.25, 0.3) is 0 Å². The van der Waals surface area contributed by atoms with Crippen molar-refractivity contribution in [2.75, 3.05) is 6.54 Å². The van der Waals surface area contributed by atoms with E-state index in [0.717, 1.165) is 32.2 Å². The molecule has 1 amide bonds. The van der Waals surface area contributed by atoms with E-state index in [-0.39, 0.29) is 12.1 Å². The number of amides is 1. The largest absolute Gasteiger partial charge is 0.412 e. The highest BCUT2D eigenvalue weighted by Crippen LogP contribution is 2.23. The quantitative estimate of drug-likeness (QED) is 0.862. The Bertz CT molecular complexity index is 373. The van der Waals surface area contributed by atoms with Crippen LogP contribution >= 0.6 is 0 Å². The standard InChI is InChI=1S/C14H20N2O2/c15-10-11-6-8-12(9-7-11)16-14(17)18-13-4-2-1-3-5-13/h1-5,11-12H,6-10,15H2,(H,16,17). The molecular weight excluding hydrogens is 228 g/mol. The van der Waals surface area contributed by atoms with Gasteiger partial charge in [0.2, 0.25) is 0 Å². The summed E-state index contributed by atoms with van der Waals surface area (Å²) in [5.74, 6) is 1.19. The minimum Gasteiger partial charge on any atom is -0.410 e. The summed E-state index contributed by atoms with van der Waals surface area (Å²) in [6, 6.07) is 9.34. The smallest absolute Gasteiger partial charge is 0.410 e. The van der Waals surface area contributed by atoms with Gasteiger partial charge in [0.15, 0.2) is 0 Å². The Labute approximate surface area is 108 Å². The Morgan fingerprint density at radius 2 is 1.89 bits per heavy atom. The molecule has 1 saturated carbocycles. The van der Waals surface area contributed by atoms with E-state index in [2.05, 4.69) is 5.32 Å². The summed E-state index contributed by atoms with van der Waals surface area (Å²) < 4.78 is 5.20. The molecule has 1 aliphatic rings. The Morgan fingerprint density at radius 1 is 1.22 bits per heavy atom. The van der Waals surface area contributed by atoms with Crippen LogP contribution in [0.1, 0.15) is 25.7 Å². The third-order valence-corrected chi connectivity index (χ3v) is 3.46. The molecule has 1 aromatic carbocycles. The Morgan fingerprint density at radius 3 is 2.50 bits per heavy atom. The molecule has 3 N–H and O–H groups in total. The fraction of sp³-hybridized carbons (Fsp3) is 0.500. The van der Waals surface area contributed by atoms with Crippen LogP contribution in [-0.4, -0.2) is 18.7 Å². The maximum Gasteiger partial charge on any atom is 0.412 e. The molecule has 18 heavy (non-hydrogen) atoms. The maximum absolute atomic E-state index is 11.7. The molecule has 0 saturated heterocycles. The van der Waals surface area contributed by atoms with E-state index < -0.39 is 0 Å². The number of rotatable bonds is 3. The highest BCUT2D eigenvalue weighted by molar-refractivity contribution is 5.70. The molecule has 1 fully saturated rings. The summed E-state index contributed by atoms with van der Waals surface area (Å²) in [5, 5.41) is 2.91. The first-order valence-electron chi connectivity index (χ1n) is 6.51. The van der Waals surface area contributed by atoms with E-state index in [1.807, 2.05) is 18.2 Å². The van der Waals surface area contributed by atoms with E-state index in [9.17, 15) is 4.79 Å². The maximum atomic E-state index is 11.7. The van der Waals surface area contributed by atoms with Crippen molar-refractivity contribution in [1.82, 2.24) is 5.32 Å². The van der Waals surface area contributed by atoms with Crippen LogP contribution in [0.5, 0.6) is 5.75 Å². The summed E-state index contributed by atoms with van der Waals surface area (Å²) in [7, 11) is 0. The summed E-state index contributed by atoms with van der Waals surface area (Å²) in [4.78, 5) is 11.7. The van der Waals surface area contributed by atoms with Gasteiger partial charge in [-0.3, -0.25) is 0 Å². The SMILES string of the molecule is NCC1CCC(NC(=O)Oc2ccccc2)CC1. The van der Waals surface area contributed by atoms with Gasteiger partial charge < -0.3 is 15.8 Å². The van der Waals surface area contributed by atoms with Gasteiger partial charge in [-0.2, -0.15) is 0 Å². The first kappa shape index (κ1) is 12.9. The van der Waals surface area contributed by atoms with Crippen LogP contribution in [0, 0.1) is 5.92 Å². The number of hydrogen-bond acceptors (Lipinski definition) is 3. The molecule has 0 heterocycles. The van der Waals surface area contributed by atoms with E-state index in [1.165, 1.54) is 0 Å². The molecule has 4 heteroatoms. The minimum atomic E-state index is -0.364. The molecule has 0 aliphatic heterocycles. The predicted octanol–water partition coefficient (Wildman–Crippen LogP) is 2.29. The number of carbonyl (C=O) groups excluding carboxylic acids is 1. The van der Waals surface area contributed by atoms with Crippen molar-refractivity contribution >= 4 is 6.09 Å². The predicted molar refractivity (Wildman–Crippen MR) is 70.4 cm³/mol. The van der Waals surface area contributed by atoms with Crippen LogP contribution in [0.15, 0.2) is 30.3 Å². The lowest BCUT2D eigenvalue weighted by Crippen LogP contribution is -2.40. The van der Waals surface area contributed by atoms with Crippen molar-refractivity contribution in [3.05, 3.63) is 30.3 Å². The average Bonchev–Trinajstić information content (AvgIpc) is 2.40. The molecule has 0 bridgehead atoms. The average molecular weight is 248 g/mol. The number of ether oxygens (including phenoxy) is 1. The first-order valence-corrected chi connectivity index (χ1v) is 6.51. The van der Waals surface area contributed by atoms with Crippen molar-refractivity contribution in [2.45, 2.75) is 31.7 Å². The lowest BCUT2D eigenvalue weighted by Gasteiger charge is -2.27. The number of carbonyl (C=O) groups is 1. The third-order valence-electron chi connectivity index (χ3n) is 3.46. The molecule has 0 atom stereocenters. The monoisotopic (exact) mass is 248 g/mol. The van der Waals surface area contributed by atoms with Gasteiger partial charge >= 0.3 is 6.09 Å². The van der Waals surface area contributed by atoms with E-state index in [1.54, 1.807) is 12.1 Å². The second kappa shape index (κ2) is 6.40. The number of nitrogens with one attached hydrogen (secondary N) is 1. The van der Waals surface area contributed by atoms with Gasteiger partial charge in [0.05, 0.1) is 0 Å². The molecule has 1 aromatic rings. The first-order chi connectivity index (χ1) is 8.78. The summed E-state index contributed by atoms with van der Waals surface area (Å²) in [5.41, 5.74) is 5.64. The fourth-order valence-corrected chi connectivity index (χ4v) is 2.33. The Balaban J connectivity index is 1.75. The van der Waals surface area contributed by atoms with Gasteiger partial charge in [-0.05, 0) is 50.3 Å². The Hall–Kier alpha value is -1.55. The van der Waals surface area contributed by atoms with Crippen LogP contribution in [0.4, 0.5) is 4.79 Å². The highest BCUT2D eigenvalue weighted by Gasteiger charge is 2.21. The van der Waals surface area contributed by atoms with Crippen molar-refractivity contribution in [2.24, 2.45) is 11.7 Å². The van der Waals surface area contributed by atoms with Gasteiger partial charge in [-0.1, -0.05) is 18.2 Å². The van der Waals surface area contributed by atoms with Crippen molar-refractivity contribution in [3.63, 3.8) is 0 Å². The number of nitrogens with two attached hydrogens (primary N) is 1. The van der Waals surface area contributed by atoms with E-state index in [4.69, 9.17) is 10.5 Å². The lowest BCUT2D eigenvalue weighted by molar-refractivity contribution is 0.188. The van der Waals surface area contributed by atoms with Crippen LogP contribution in [0.2, 0.25) is 0 Å². The van der Waals surface area contributed by atoms with Crippen molar-refractivity contribution in [1.29, 1.82) is 0 Å². The summed E-state index contributed by atoms with van der Waals surface area (Å²) >= 11 is 0. The zero-order valence-corrected chi connectivity index (χ0v) is 10.5. The van der Waals surface area contributed by atoms with Crippen LogP contribution < -0.4 is 15.8 Å². The van der Waals surface area contributed by atoms with Crippen LogP contribution in [0.3, 0.4) is 0 Å². The topological polar surface area (TPSA) is 64.3 Å². The van der Waals surface area contributed by atoms with Crippen LogP contribution in [0.25, 0.3) is 0 Å². The second-order valence-electron chi connectivity index (χ2n) is 4.80. The molecule has 98 valence electrons. The lowest BCUT2D eigenvalue weighted by atomic mass is 9.86. The fourth-order valence-electron chi connectivity index (χ4n) is 2.33.